The third kappa shape index (κ3) is 2.56. The van der Waals surface area contributed by atoms with Crippen LogP contribution in [-0.4, -0.2) is 30.1 Å². The maximum absolute atomic E-state index is 13.7. The number of nitrogens with zero attached hydrogens (tertiary/aromatic N) is 1. The standard InChI is InChI=1S/C14H19FN2O2/c1-8-6-13(11(10(3)18)7-12(8)15)17-5-4-16-14(19)9(17)2/h6-7,9-10,18H,4-5H2,1-3H3,(H,16,19)/t9?,10-/m0/s1. The summed E-state index contributed by atoms with van der Waals surface area (Å²) < 4.78 is 13.7. The SMILES string of the molecule is Cc1cc(N2CCNC(=O)C2C)c([C@H](C)O)cc1F. The molecule has 1 aliphatic heterocycles. The maximum atomic E-state index is 13.7. The summed E-state index contributed by atoms with van der Waals surface area (Å²) in [6.45, 7) is 6.29. The first-order valence-corrected chi connectivity index (χ1v) is 6.44. The molecule has 0 aliphatic carbocycles. The van der Waals surface area contributed by atoms with Gasteiger partial charge in [-0.2, -0.15) is 0 Å². The van der Waals surface area contributed by atoms with Gasteiger partial charge in [0, 0.05) is 24.3 Å². The van der Waals surface area contributed by atoms with Crippen LogP contribution in [0.15, 0.2) is 12.1 Å². The zero-order valence-corrected chi connectivity index (χ0v) is 11.4. The number of halogens is 1. The molecule has 1 amide bonds. The Balaban J connectivity index is 2.48. The molecular formula is C14H19FN2O2. The Bertz CT molecular complexity index is 502. The van der Waals surface area contributed by atoms with E-state index < -0.39 is 6.10 Å². The van der Waals surface area contributed by atoms with Crippen LogP contribution in [0.1, 0.15) is 31.1 Å². The summed E-state index contributed by atoms with van der Waals surface area (Å²) >= 11 is 0. The van der Waals surface area contributed by atoms with Crippen molar-refractivity contribution in [2.24, 2.45) is 0 Å². The highest BCUT2D eigenvalue weighted by Crippen LogP contribution is 2.31. The first kappa shape index (κ1) is 13.8. The summed E-state index contributed by atoms with van der Waals surface area (Å²) in [5.74, 6) is -0.390. The van der Waals surface area contributed by atoms with Gasteiger partial charge in [0.2, 0.25) is 5.91 Å². The molecule has 104 valence electrons. The fourth-order valence-corrected chi connectivity index (χ4v) is 2.38. The molecule has 4 nitrogen and oxygen atoms in total. The van der Waals surface area contributed by atoms with Gasteiger partial charge in [0.15, 0.2) is 0 Å². The third-order valence-electron chi connectivity index (χ3n) is 3.57. The molecular weight excluding hydrogens is 247 g/mol. The zero-order chi connectivity index (χ0) is 14.2. The third-order valence-corrected chi connectivity index (χ3v) is 3.57. The molecule has 5 heteroatoms. The van der Waals surface area contributed by atoms with E-state index in [1.807, 2.05) is 4.90 Å². The molecule has 0 saturated carbocycles. The number of hydrogen-bond donors (Lipinski definition) is 2. The number of carbonyl (C=O) groups is 1. The molecule has 1 aliphatic rings. The number of piperazine rings is 1. The largest absolute Gasteiger partial charge is 0.389 e. The van der Waals surface area contributed by atoms with Crippen LogP contribution in [-0.2, 0) is 4.79 Å². The molecule has 0 spiro atoms. The van der Waals surface area contributed by atoms with Gasteiger partial charge in [0.25, 0.3) is 0 Å². The summed E-state index contributed by atoms with van der Waals surface area (Å²) in [4.78, 5) is 13.6. The fourth-order valence-electron chi connectivity index (χ4n) is 2.38. The second-order valence-electron chi connectivity index (χ2n) is 5.00. The molecule has 1 aromatic rings. The fraction of sp³-hybridized carbons (Fsp3) is 0.500. The molecule has 1 unspecified atom stereocenters. The molecule has 0 aromatic heterocycles. The Morgan fingerprint density at radius 1 is 1.53 bits per heavy atom. The monoisotopic (exact) mass is 266 g/mol. The second-order valence-corrected chi connectivity index (χ2v) is 5.00. The van der Waals surface area contributed by atoms with Crippen molar-refractivity contribution in [2.75, 3.05) is 18.0 Å². The van der Waals surface area contributed by atoms with E-state index in [9.17, 15) is 14.3 Å². The number of carbonyl (C=O) groups excluding carboxylic acids is 1. The summed E-state index contributed by atoms with van der Waals surface area (Å²) in [6, 6.07) is 2.73. The molecule has 2 atom stereocenters. The average molecular weight is 266 g/mol. The predicted octanol–water partition coefficient (Wildman–Crippen LogP) is 1.51. The normalized spacial score (nSPS) is 21.2. The van der Waals surface area contributed by atoms with Crippen LogP contribution in [0.4, 0.5) is 10.1 Å². The number of aliphatic hydroxyl groups excluding tert-OH is 1. The smallest absolute Gasteiger partial charge is 0.242 e. The quantitative estimate of drug-likeness (QED) is 0.853. The van der Waals surface area contributed by atoms with Crippen LogP contribution in [0.25, 0.3) is 0 Å². The number of aryl methyl sites for hydroxylation is 1. The number of aliphatic hydroxyl groups is 1. The molecule has 1 aromatic carbocycles. The summed E-state index contributed by atoms with van der Waals surface area (Å²) in [6.07, 6.45) is -0.776. The molecule has 1 saturated heterocycles. The lowest BCUT2D eigenvalue weighted by atomic mass is 10.0. The lowest BCUT2D eigenvalue weighted by Crippen LogP contribution is -2.54. The first-order chi connectivity index (χ1) is 8.91. The van der Waals surface area contributed by atoms with Crippen molar-refractivity contribution in [3.8, 4) is 0 Å². The molecule has 0 bridgehead atoms. The molecule has 1 heterocycles. The van der Waals surface area contributed by atoms with Gasteiger partial charge >= 0.3 is 0 Å². The lowest BCUT2D eigenvalue weighted by molar-refractivity contribution is -0.122. The van der Waals surface area contributed by atoms with Crippen LogP contribution >= 0.6 is 0 Å². The molecule has 2 N–H and O–H groups in total. The van der Waals surface area contributed by atoms with E-state index >= 15 is 0 Å². The van der Waals surface area contributed by atoms with E-state index in [2.05, 4.69) is 5.32 Å². The molecule has 0 radical (unpaired) electrons. The topological polar surface area (TPSA) is 52.6 Å². The number of benzene rings is 1. The van der Waals surface area contributed by atoms with E-state index in [1.54, 1.807) is 26.8 Å². The lowest BCUT2D eigenvalue weighted by Gasteiger charge is -2.36. The van der Waals surface area contributed by atoms with Gasteiger partial charge in [0.05, 0.1) is 6.10 Å². The van der Waals surface area contributed by atoms with Crippen LogP contribution in [0, 0.1) is 12.7 Å². The molecule has 2 rings (SSSR count). The minimum atomic E-state index is -0.776. The van der Waals surface area contributed by atoms with Crippen molar-refractivity contribution in [3.63, 3.8) is 0 Å². The van der Waals surface area contributed by atoms with E-state index in [1.165, 1.54) is 6.07 Å². The van der Waals surface area contributed by atoms with Crippen molar-refractivity contribution in [3.05, 3.63) is 29.1 Å². The van der Waals surface area contributed by atoms with E-state index in [-0.39, 0.29) is 17.8 Å². The van der Waals surface area contributed by atoms with Crippen LogP contribution < -0.4 is 10.2 Å². The van der Waals surface area contributed by atoms with Crippen LogP contribution in [0.2, 0.25) is 0 Å². The number of nitrogens with one attached hydrogen (secondary N) is 1. The van der Waals surface area contributed by atoms with Gasteiger partial charge in [0.1, 0.15) is 11.9 Å². The second kappa shape index (κ2) is 5.17. The van der Waals surface area contributed by atoms with Gasteiger partial charge < -0.3 is 15.3 Å². The minimum Gasteiger partial charge on any atom is -0.389 e. The molecule has 19 heavy (non-hydrogen) atoms. The Labute approximate surface area is 112 Å². The number of rotatable bonds is 2. The van der Waals surface area contributed by atoms with E-state index in [0.29, 0.717) is 24.2 Å². The van der Waals surface area contributed by atoms with Gasteiger partial charge in [-0.15, -0.1) is 0 Å². The number of hydrogen-bond acceptors (Lipinski definition) is 3. The minimum absolute atomic E-state index is 0.0511. The highest BCUT2D eigenvalue weighted by Gasteiger charge is 2.28. The Morgan fingerprint density at radius 2 is 2.21 bits per heavy atom. The first-order valence-electron chi connectivity index (χ1n) is 6.44. The van der Waals surface area contributed by atoms with E-state index in [4.69, 9.17) is 0 Å². The van der Waals surface area contributed by atoms with E-state index in [0.717, 1.165) is 5.69 Å². The van der Waals surface area contributed by atoms with Crippen molar-refractivity contribution in [2.45, 2.75) is 32.9 Å². The Hall–Kier alpha value is -1.62. The number of anilines is 1. The summed E-state index contributed by atoms with van der Waals surface area (Å²) in [7, 11) is 0. The van der Waals surface area contributed by atoms with Gasteiger partial charge in [-0.1, -0.05) is 0 Å². The van der Waals surface area contributed by atoms with Gasteiger partial charge in [-0.3, -0.25) is 4.79 Å². The van der Waals surface area contributed by atoms with Crippen LogP contribution in [0.5, 0.6) is 0 Å². The highest BCUT2D eigenvalue weighted by atomic mass is 19.1. The van der Waals surface area contributed by atoms with Crippen molar-refractivity contribution >= 4 is 11.6 Å². The van der Waals surface area contributed by atoms with Gasteiger partial charge in [-0.25, -0.2) is 4.39 Å². The highest BCUT2D eigenvalue weighted by molar-refractivity contribution is 5.86. The predicted molar refractivity (Wildman–Crippen MR) is 71.6 cm³/mol. The van der Waals surface area contributed by atoms with Crippen LogP contribution in [0.3, 0.4) is 0 Å². The maximum Gasteiger partial charge on any atom is 0.242 e. The van der Waals surface area contributed by atoms with Crippen molar-refractivity contribution in [1.82, 2.24) is 5.32 Å². The zero-order valence-electron chi connectivity index (χ0n) is 11.4. The summed E-state index contributed by atoms with van der Waals surface area (Å²) in [5, 5.41) is 12.6. The number of amides is 1. The molecule has 1 fully saturated rings. The average Bonchev–Trinajstić information content (AvgIpc) is 2.35. The van der Waals surface area contributed by atoms with Gasteiger partial charge in [-0.05, 0) is 38.5 Å². The van der Waals surface area contributed by atoms with Crippen molar-refractivity contribution in [1.29, 1.82) is 0 Å². The Kier molecular flexibility index (Phi) is 3.75. The van der Waals surface area contributed by atoms with Crippen molar-refractivity contribution < 1.29 is 14.3 Å². The Morgan fingerprint density at radius 3 is 2.84 bits per heavy atom. The summed E-state index contributed by atoms with van der Waals surface area (Å²) in [5.41, 5.74) is 1.76.